The van der Waals surface area contributed by atoms with Gasteiger partial charge in [0.2, 0.25) is 0 Å². The molecule has 6 heteroatoms. The third-order valence-electron chi connectivity index (χ3n) is 10.7. The van der Waals surface area contributed by atoms with E-state index in [1.165, 1.54) is 54.4 Å². The lowest BCUT2D eigenvalue weighted by Gasteiger charge is -2.61. The molecule has 10 radical (unpaired) electrons. The second-order valence-corrected chi connectivity index (χ2v) is 12.5. The predicted molar refractivity (Wildman–Crippen MR) is 171 cm³/mol. The fraction of sp³-hybridized carbons (Fsp3) is 0.294. The Bertz CT molecular complexity index is 1620. The van der Waals surface area contributed by atoms with E-state index in [4.69, 9.17) is 39.2 Å². The maximum atomic E-state index is 6.63. The number of fused-ring (bicyclic) bond motifs is 3. The highest BCUT2D eigenvalue weighted by Crippen LogP contribution is 2.69. The van der Waals surface area contributed by atoms with E-state index in [2.05, 4.69) is 47.4 Å². The van der Waals surface area contributed by atoms with Gasteiger partial charge in [-0.05, 0) is 102 Å². The molecular weight excluding hydrogens is 476 g/mol. The Morgan fingerprint density at radius 1 is 0.525 bits per heavy atom. The molecule has 0 N–H and O–H groups in total. The average Bonchev–Trinajstić information content (AvgIpc) is 3.26. The minimum absolute atomic E-state index is 0.115. The highest BCUT2D eigenvalue weighted by Gasteiger charge is 2.61. The smallest absolute Gasteiger partial charge is 0.115 e. The highest BCUT2D eigenvalue weighted by atomic mass is 15.1. The van der Waals surface area contributed by atoms with Crippen LogP contribution in [-0.2, 0) is 5.41 Å². The van der Waals surface area contributed by atoms with Crippen LogP contribution in [0.1, 0.15) is 43.2 Å². The number of nitrogens with zero attached hydrogens (tertiary/aromatic N) is 1. The molecule has 4 fully saturated rings. The van der Waals surface area contributed by atoms with Crippen LogP contribution in [-0.4, -0.2) is 39.2 Å². The molecule has 1 spiro atoms. The third kappa shape index (κ3) is 3.17. The molecule has 0 unspecified atom stereocenters. The fourth-order valence-corrected chi connectivity index (χ4v) is 9.35. The first-order valence-corrected chi connectivity index (χ1v) is 14.5. The lowest BCUT2D eigenvalue weighted by atomic mass is 9.43. The molecule has 40 heavy (non-hydrogen) atoms. The van der Waals surface area contributed by atoms with Gasteiger partial charge in [0, 0.05) is 22.5 Å². The van der Waals surface area contributed by atoms with Gasteiger partial charge in [-0.1, -0.05) is 59.5 Å². The first-order chi connectivity index (χ1) is 19.4. The van der Waals surface area contributed by atoms with Crippen molar-refractivity contribution < 1.29 is 0 Å². The summed E-state index contributed by atoms with van der Waals surface area (Å²) in [5.41, 5.74) is 9.63. The Morgan fingerprint density at radius 2 is 1.07 bits per heavy atom. The standard InChI is InChI=1S/C34H26B5N/c35-28-29(36)31(38)33(32(39)30(28)37)40(22-6-2-1-3-7-22)23-10-11-27-25(17-23)24-8-4-5-9-26(24)34(27)20-13-18-12-19(15-20)16-21(34)14-18/h1-11,17-21H,12-16H2. The summed E-state index contributed by atoms with van der Waals surface area (Å²) >= 11 is 0. The predicted octanol–water partition coefficient (Wildman–Crippen LogP) is 2.85. The van der Waals surface area contributed by atoms with Crippen molar-refractivity contribution in [3.8, 4) is 11.1 Å². The van der Waals surface area contributed by atoms with Crippen molar-refractivity contribution in [3.05, 3.63) is 83.9 Å². The molecule has 0 atom stereocenters. The van der Waals surface area contributed by atoms with Crippen LogP contribution < -0.4 is 32.2 Å². The van der Waals surface area contributed by atoms with E-state index in [1.807, 2.05) is 30.3 Å². The molecule has 4 bridgehead atoms. The lowest BCUT2D eigenvalue weighted by molar-refractivity contribution is -0.0399. The Morgan fingerprint density at radius 3 is 1.73 bits per heavy atom. The fourth-order valence-electron chi connectivity index (χ4n) is 9.35. The topological polar surface area (TPSA) is 3.24 Å². The number of benzene rings is 4. The van der Waals surface area contributed by atoms with E-state index < -0.39 is 0 Å². The third-order valence-corrected chi connectivity index (χ3v) is 10.7. The van der Waals surface area contributed by atoms with Crippen LogP contribution in [0.2, 0.25) is 0 Å². The maximum absolute atomic E-state index is 6.63. The largest absolute Gasteiger partial charge is 0.312 e. The maximum Gasteiger partial charge on any atom is 0.115 e. The van der Waals surface area contributed by atoms with Crippen molar-refractivity contribution in [1.82, 2.24) is 0 Å². The second-order valence-electron chi connectivity index (χ2n) is 12.5. The van der Waals surface area contributed by atoms with Crippen LogP contribution in [0.15, 0.2) is 72.8 Å². The summed E-state index contributed by atoms with van der Waals surface area (Å²) in [6, 6.07) is 26.2. The summed E-state index contributed by atoms with van der Waals surface area (Å²) < 4.78 is 0. The van der Waals surface area contributed by atoms with Crippen LogP contribution in [0, 0.1) is 23.7 Å². The molecule has 4 aromatic carbocycles. The van der Waals surface area contributed by atoms with E-state index in [0.717, 1.165) is 23.2 Å². The SMILES string of the molecule is [B]c1c([B])c([B])c(N(c2ccccc2)c2ccc3c(c2)-c2ccccc2C32C3CC4CC(C3)CC2C4)c([B])c1[B]. The molecule has 0 aromatic heterocycles. The van der Waals surface area contributed by atoms with Crippen molar-refractivity contribution in [2.75, 3.05) is 4.90 Å². The van der Waals surface area contributed by atoms with Crippen molar-refractivity contribution in [1.29, 1.82) is 0 Å². The zero-order valence-electron chi connectivity index (χ0n) is 22.6. The van der Waals surface area contributed by atoms with Gasteiger partial charge in [0.25, 0.3) is 0 Å². The summed E-state index contributed by atoms with van der Waals surface area (Å²) in [5.74, 6) is 3.24. The van der Waals surface area contributed by atoms with Crippen LogP contribution in [0.4, 0.5) is 17.1 Å². The van der Waals surface area contributed by atoms with E-state index in [0.29, 0.717) is 28.4 Å². The normalized spacial score (nSPS) is 27.1. The Kier molecular flexibility index (Phi) is 5.42. The van der Waals surface area contributed by atoms with Crippen molar-refractivity contribution in [2.24, 2.45) is 23.7 Å². The van der Waals surface area contributed by atoms with Crippen molar-refractivity contribution in [3.63, 3.8) is 0 Å². The average molecular weight is 503 g/mol. The van der Waals surface area contributed by atoms with Gasteiger partial charge in [0.1, 0.15) is 39.2 Å². The minimum Gasteiger partial charge on any atom is -0.312 e. The zero-order chi connectivity index (χ0) is 27.3. The number of anilines is 3. The van der Waals surface area contributed by atoms with E-state index in [1.54, 1.807) is 0 Å². The quantitative estimate of drug-likeness (QED) is 0.390. The number of hydrogen-bond donors (Lipinski definition) is 0. The first kappa shape index (κ1) is 24.8. The van der Waals surface area contributed by atoms with Crippen LogP contribution in [0.5, 0.6) is 0 Å². The molecule has 4 aromatic rings. The summed E-state index contributed by atoms with van der Waals surface area (Å²) in [7, 11) is 32.1. The first-order valence-electron chi connectivity index (χ1n) is 14.5. The van der Waals surface area contributed by atoms with Gasteiger partial charge in [0.15, 0.2) is 0 Å². The molecule has 0 amide bonds. The molecule has 0 aliphatic heterocycles. The molecule has 5 aliphatic rings. The van der Waals surface area contributed by atoms with Crippen molar-refractivity contribution in [2.45, 2.75) is 37.5 Å². The van der Waals surface area contributed by atoms with Gasteiger partial charge >= 0.3 is 0 Å². The van der Waals surface area contributed by atoms with Gasteiger partial charge in [-0.2, -0.15) is 0 Å². The van der Waals surface area contributed by atoms with Gasteiger partial charge in [-0.15, -0.1) is 16.4 Å². The highest BCUT2D eigenvalue weighted by molar-refractivity contribution is 6.69. The van der Waals surface area contributed by atoms with Gasteiger partial charge in [-0.25, -0.2) is 0 Å². The second kappa shape index (κ2) is 8.75. The molecule has 0 heterocycles. The summed E-state index contributed by atoms with van der Waals surface area (Å²) in [4.78, 5) is 2.07. The zero-order valence-corrected chi connectivity index (χ0v) is 22.6. The molecule has 9 rings (SSSR count). The molecule has 182 valence electrons. The Balaban J connectivity index is 1.36. The molecule has 0 saturated heterocycles. The molecule has 4 saturated carbocycles. The van der Waals surface area contributed by atoms with Gasteiger partial charge < -0.3 is 4.90 Å². The number of hydrogen-bond acceptors (Lipinski definition) is 1. The van der Waals surface area contributed by atoms with E-state index >= 15 is 0 Å². The number of rotatable bonds is 3. The Hall–Kier alpha value is -3.00. The van der Waals surface area contributed by atoms with E-state index in [-0.39, 0.29) is 21.8 Å². The van der Waals surface area contributed by atoms with Crippen LogP contribution in [0.3, 0.4) is 0 Å². The Labute approximate surface area is 244 Å². The summed E-state index contributed by atoms with van der Waals surface area (Å²) in [6.07, 6.45) is 6.87. The molecule has 5 aliphatic carbocycles. The minimum atomic E-state index is 0.115. The summed E-state index contributed by atoms with van der Waals surface area (Å²) in [5, 5.41) is 0. The van der Waals surface area contributed by atoms with E-state index in [9.17, 15) is 0 Å². The van der Waals surface area contributed by atoms with Gasteiger partial charge in [0.05, 0.1) is 0 Å². The van der Waals surface area contributed by atoms with Crippen molar-refractivity contribution >= 4 is 83.6 Å². The number of para-hydroxylation sites is 1. The molecule has 1 nitrogen and oxygen atoms in total. The monoisotopic (exact) mass is 503 g/mol. The summed E-state index contributed by atoms with van der Waals surface area (Å²) in [6.45, 7) is 0. The lowest BCUT2D eigenvalue weighted by Crippen LogP contribution is -2.56. The molecular formula is C34H26B5N. The van der Waals surface area contributed by atoms with Crippen LogP contribution >= 0.6 is 0 Å². The van der Waals surface area contributed by atoms with Gasteiger partial charge in [-0.3, -0.25) is 0 Å². The van der Waals surface area contributed by atoms with Crippen LogP contribution in [0.25, 0.3) is 11.1 Å².